The molecule has 0 bridgehead atoms. The molecule has 1 aromatic heterocycles. The van der Waals surface area contributed by atoms with Gasteiger partial charge < -0.3 is 14.5 Å². The second-order valence-corrected chi connectivity index (χ2v) is 5.93. The van der Waals surface area contributed by atoms with E-state index in [9.17, 15) is 9.18 Å². The van der Waals surface area contributed by atoms with Gasteiger partial charge in [-0.2, -0.15) is 0 Å². The highest BCUT2D eigenvalue weighted by molar-refractivity contribution is 6.32. The molecule has 6 heteroatoms. The van der Waals surface area contributed by atoms with Crippen LogP contribution in [0.1, 0.15) is 13.3 Å². The Labute approximate surface area is 149 Å². The first-order valence-electron chi connectivity index (χ1n) is 7.87. The van der Waals surface area contributed by atoms with Crippen LogP contribution < -0.4 is 14.9 Å². The van der Waals surface area contributed by atoms with E-state index in [2.05, 4.69) is 4.98 Å². The van der Waals surface area contributed by atoms with E-state index in [1.54, 1.807) is 24.4 Å². The van der Waals surface area contributed by atoms with Crippen molar-refractivity contribution < 1.29 is 13.9 Å². The van der Waals surface area contributed by atoms with Crippen molar-refractivity contribution >= 4 is 22.5 Å². The molecule has 0 saturated carbocycles. The Kier molecular flexibility index (Phi) is 4.95. The van der Waals surface area contributed by atoms with Crippen LogP contribution in [0.25, 0.3) is 22.0 Å². The molecule has 25 heavy (non-hydrogen) atoms. The van der Waals surface area contributed by atoms with Crippen LogP contribution >= 0.6 is 11.6 Å². The van der Waals surface area contributed by atoms with Gasteiger partial charge in [-0.05, 0) is 36.2 Å². The fraction of sp³-hybridized carbons (Fsp3) is 0.211. The van der Waals surface area contributed by atoms with Gasteiger partial charge in [-0.3, -0.25) is 4.79 Å². The Balaban J connectivity index is 2.19. The quantitative estimate of drug-likeness (QED) is 0.711. The number of pyridine rings is 1. The van der Waals surface area contributed by atoms with Crippen LogP contribution in [0, 0.1) is 5.82 Å². The lowest BCUT2D eigenvalue weighted by molar-refractivity contribution is 0.320. The Bertz CT molecular complexity index is 984. The van der Waals surface area contributed by atoms with E-state index in [1.807, 2.05) is 6.92 Å². The molecule has 0 aliphatic rings. The van der Waals surface area contributed by atoms with Crippen LogP contribution in [0.4, 0.5) is 4.39 Å². The predicted octanol–water partition coefficient (Wildman–Crippen LogP) is 4.79. The molecule has 0 aliphatic carbocycles. The van der Waals surface area contributed by atoms with Gasteiger partial charge >= 0.3 is 0 Å². The zero-order chi connectivity index (χ0) is 18.0. The first-order chi connectivity index (χ1) is 12.1. The Morgan fingerprint density at radius 2 is 1.96 bits per heavy atom. The Morgan fingerprint density at radius 3 is 2.64 bits per heavy atom. The molecule has 2 aromatic carbocycles. The molecule has 0 atom stereocenters. The number of halogens is 2. The van der Waals surface area contributed by atoms with Gasteiger partial charge in [0.2, 0.25) is 0 Å². The molecule has 3 rings (SSSR count). The van der Waals surface area contributed by atoms with Crippen LogP contribution in [-0.4, -0.2) is 18.7 Å². The van der Waals surface area contributed by atoms with Crippen molar-refractivity contribution in [2.45, 2.75) is 13.3 Å². The third kappa shape index (κ3) is 3.20. The molecular weight excluding hydrogens is 345 g/mol. The molecule has 0 spiro atoms. The average molecular weight is 362 g/mol. The fourth-order valence-corrected chi connectivity index (χ4v) is 2.91. The smallest absolute Gasteiger partial charge is 0.200 e. The van der Waals surface area contributed by atoms with Crippen molar-refractivity contribution in [3.8, 4) is 22.6 Å². The lowest BCUT2D eigenvalue weighted by Crippen LogP contribution is -2.09. The highest BCUT2D eigenvalue weighted by atomic mass is 35.5. The summed E-state index contributed by atoms with van der Waals surface area (Å²) in [6.07, 6.45) is 2.35. The van der Waals surface area contributed by atoms with Gasteiger partial charge in [0.05, 0.1) is 29.6 Å². The SMILES string of the molecule is CCCOc1ccc(F)c2c(=O)c(-c3ccc(OC)c(Cl)c3)c[nH]c12. The van der Waals surface area contributed by atoms with E-state index < -0.39 is 11.2 Å². The topological polar surface area (TPSA) is 51.3 Å². The maximum Gasteiger partial charge on any atom is 0.200 e. The zero-order valence-electron chi connectivity index (χ0n) is 13.9. The summed E-state index contributed by atoms with van der Waals surface area (Å²) in [5.74, 6) is 0.361. The molecule has 0 aliphatic heterocycles. The molecule has 3 aromatic rings. The number of aromatic amines is 1. The molecule has 1 N–H and O–H groups in total. The van der Waals surface area contributed by atoms with Crippen molar-refractivity contribution in [1.82, 2.24) is 4.98 Å². The highest BCUT2D eigenvalue weighted by Crippen LogP contribution is 2.31. The molecule has 0 saturated heterocycles. The van der Waals surface area contributed by atoms with Crippen molar-refractivity contribution in [2.75, 3.05) is 13.7 Å². The van der Waals surface area contributed by atoms with E-state index in [-0.39, 0.29) is 5.39 Å². The number of methoxy groups -OCH3 is 1. The van der Waals surface area contributed by atoms with Crippen molar-refractivity contribution in [3.63, 3.8) is 0 Å². The molecular formula is C19H17ClFNO3. The number of ether oxygens (including phenoxy) is 2. The summed E-state index contributed by atoms with van der Waals surface area (Å²) in [6, 6.07) is 7.75. The minimum atomic E-state index is -0.596. The van der Waals surface area contributed by atoms with Crippen molar-refractivity contribution in [1.29, 1.82) is 0 Å². The van der Waals surface area contributed by atoms with Gasteiger partial charge in [-0.1, -0.05) is 24.6 Å². The van der Waals surface area contributed by atoms with Crippen LogP contribution in [0.15, 0.2) is 41.3 Å². The molecule has 130 valence electrons. The van der Waals surface area contributed by atoms with E-state index in [0.29, 0.717) is 39.8 Å². The monoisotopic (exact) mass is 361 g/mol. The number of H-pyrrole nitrogens is 1. The largest absolute Gasteiger partial charge is 0.495 e. The van der Waals surface area contributed by atoms with Crippen LogP contribution in [-0.2, 0) is 0 Å². The summed E-state index contributed by atoms with van der Waals surface area (Å²) in [4.78, 5) is 15.8. The number of hydrogen-bond donors (Lipinski definition) is 1. The number of fused-ring (bicyclic) bond motifs is 1. The van der Waals surface area contributed by atoms with Gasteiger partial charge in [0.15, 0.2) is 5.43 Å². The molecule has 0 radical (unpaired) electrons. The number of aromatic nitrogens is 1. The van der Waals surface area contributed by atoms with Crippen molar-refractivity contribution in [2.24, 2.45) is 0 Å². The van der Waals surface area contributed by atoms with Gasteiger partial charge in [0.1, 0.15) is 17.3 Å². The van der Waals surface area contributed by atoms with Crippen LogP contribution in [0.2, 0.25) is 5.02 Å². The van der Waals surface area contributed by atoms with Gasteiger partial charge in [-0.25, -0.2) is 4.39 Å². The minimum Gasteiger partial charge on any atom is -0.495 e. The van der Waals surface area contributed by atoms with Crippen LogP contribution in [0.3, 0.4) is 0 Å². The lowest BCUT2D eigenvalue weighted by atomic mass is 10.0. The normalized spacial score (nSPS) is 10.9. The lowest BCUT2D eigenvalue weighted by Gasteiger charge is -2.11. The van der Waals surface area contributed by atoms with Crippen molar-refractivity contribution in [3.05, 3.63) is 57.6 Å². The van der Waals surface area contributed by atoms with E-state index >= 15 is 0 Å². The summed E-state index contributed by atoms with van der Waals surface area (Å²) in [5, 5.41) is 0.345. The first kappa shape index (κ1) is 17.3. The van der Waals surface area contributed by atoms with Gasteiger partial charge in [0.25, 0.3) is 0 Å². The van der Waals surface area contributed by atoms with E-state index in [1.165, 1.54) is 19.2 Å². The van der Waals surface area contributed by atoms with Crippen LogP contribution in [0.5, 0.6) is 11.5 Å². The standard InChI is InChI=1S/C19H17ClFNO3/c1-3-8-25-16-7-5-14(21)17-18(16)22-10-12(19(17)23)11-4-6-15(24-2)13(20)9-11/h4-7,9-10H,3,8H2,1-2H3,(H,22,23). The number of rotatable bonds is 5. The van der Waals surface area contributed by atoms with E-state index in [4.69, 9.17) is 21.1 Å². The highest BCUT2D eigenvalue weighted by Gasteiger charge is 2.15. The zero-order valence-corrected chi connectivity index (χ0v) is 14.6. The summed E-state index contributed by atoms with van der Waals surface area (Å²) in [5.41, 5.74) is 0.827. The third-order valence-corrected chi connectivity index (χ3v) is 4.17. The number of hydrogen-bond acceptors (Lipinski definition) is 3. The Morgan fingerprint density at radius 1 is 1.20 bits per heavy atom. The fourth-order valence-electron chi connectivity index (χ4n) is 2.65. The van der Waals surface area contributed by atoms with Gasteiger partial charge in [-0.15, -0.1) is 0 Å². The second kappa shape index (κ2) is 7.15. The summed E-state index contributed by atoms with van der Waals surface area (Å²) < 4.78 is 25.0. The first-order valence-corrected chi connectivity index (χ1v) is 8.25. The maximum absolute atomic E-state index is 14.3. The number of benzene rings is 2. The third-order valence-electron chi connectivity index (χ3n) is 3.87. The molecule has 0 unspecified atom stereocenters. The molecule has 0 fully saturated rings. The summed E-state index contributed by atoms with van der Waals surface area (Å²) >= 11 is 6.13. The minimum absolute atomic E-state index is 0.0296. The molecule has 4 nitrogen and oxygen atoms in total. The molecule has 1 heterocycles. The number of nitrogens with one attached hydrogen (secondary N) is 1. The maximum atomic E-state index is 14.3. The molecule has 0 amide bonds. The second-order valence-electron chi connectivity index (χ2n) is 5.52. The summed E-state index contributed by atoms with van der Waals surface area (Å²) in [7, 11) is 1.51. The summed E-state index contributed by atoms with van der Waals surface area (Å²) in [6.45, 7) is 2.46. The van der Waals surface area contributed by atoms with Gasteiger partial charge in [0, 0.05) is 11.8 Å². The van der Waals surface area contributed by atoms with E-state index in [0.717, 1.165) is 6.42 Å². The predicted molar refractivity (Wildman–Crippen MR) is 97.3 cm³/mol. The average Bonchev–Trinajstić information content (AvgIpc) is 2.61. The Hall–Kier alpha value is -2.53.